The topological polar surface area (TPSA) is 55.1 Å². The summed E-state index contributed by atoms with van der Waals surface area (Å²) in [5.74, 6) is -0.125. The van der Waals surface area contributed by atoms with Crippen molar-refractivity contribution in [2.24, 2.45) is 0 Å². The molecule has 0 spiro atoms. The van der Waals surface area contributed by atoms with Crippen LogP contribution in [0.4, 0.5) is 5.69 Å². The first-order valence-electron chi connectivity index (χ1n) is 6.06. The van der Waals surface area contributed by atoms with Gasteiger partial charge in [-0.1, -0.05) is 28.1 Å². The van der Waals surface area contributed by atoms with Crippen LogP contribution < -0.4 is 11.1 Å². The maximum Gasteiger partial charge on any atom is 0.252 e. The van der Waals surface area contributed by atoms with E-state index in [2.05, 4.69) is 37.2 Å². The number of nitrogen functional groups attached to an aromatic ring is 1. The number of carbonyl (C=O) groups is 1. The van der Waals surface area contributed by atoms with Crippen molar-refractivity contribution in [1.82, 2.24) is 5.32 Å². The summed E-state index contributed by atoms with van der Waals surface area (Å²) in [5, 5.41) is 2.91. The van der Waals surface area contributed by atoms with Crippen LogP contribution in [0.1, 0.15) is 21.5 Å². The Morgan fingerprint density at radius 3 is 2.75 bits per heavy atom. The lowest BCUT2D eigenvalue weighted by Crippen LogP contribution is -2.23. The number of nitrogens with one attached hydrogen (secondary N) is 1. The van der Waals surface area contributed by atoms with Crippen molar-refractivity contribution in [3.63, 3.8) is 0 Å². The van der Waals surface area contributed by atoms with Crippen LogP contribution in [0.3, 0.4) is 0 Å². The number of rotatable bonds is 3. The minimum Gasteiger partial charge on any atom is -0.399 e. The van der Waals surface area contributed by atoms with Crippen molar-refractivity contribution in [2.75, 3.05) is 5.73 Å². The average molecular weight is 398 g/mol. The van der Waals surface area contributed by atoms with Gasteiger partial charge in [-0.05, 0) is 58.2 Å². The summed E-state index contributed by atoms with van der Waals surface area (Å²) in [6.45, 7) is 2.40. The Hall–Kier alpha value is -1.33. The molecule has 20 heavy (non-hydrogen) atoms. The first-order valence-corrected chi connectivity index (χ1v) is 7.65. The van der Waals surface area contributed by atoms with Crippen molar-refractivity contribution >= 4 is 43.5 Å². The smallest absolute Gasteiger partial charge is 0.252 e. The Balaban J connectivity index is 2.13. The van der Waals surface area contributed by atoms with Gasteiger partial charge >= 0.3 is 0 Å². The second kappa shape index (κ2) is 6.41. The minimum atomic E-state index is -0.125. The predicted octanol–water partition coefficient (Wildman–Crippen LogP) is 4.03. The molecule has 0 aliphatic rings. The third-order valence-corrected chi connectivity index (χ3v) is 4.29. The second-order valence-corrected chi connectivity index (χ2v) is 6.21. The van der Waals surface area contributed by atoms with E-state index < -0.39 is 0 Å². The van der Waals surface area contributed by atoms with Gasteiger partial charge in [0.1, 0.15) is 0 Å². The van der Waals surface area contributed by atoms with Crippen LogP contribution in [0.2, 0.25) is 0 Å². The van der Waals surface area contributed by atoms with Gasteiger partial charge in [0.15, 0.2) is 0 Å². The van der Waals surface area contributed by atoms with Crippen LogP contribution in [0, 0.1) is 6.92 Å². The summed E-state index contributed by atoms with van der Waals surface area (Å²) < 4.78 is 1.63. The zero-order chi connectivity index (χ0) is 14.7. The number of carbonyl (C=O) groups excluding carboxylic acids is 1. The SMILES string of the molecule is Cc1c(N)cccc1CNC(=O)c1cc(Br)ccc1Br. The lowest BCUT2D eigenvalue weighted by molar-refractivity contribution is 0.0950. The molecule has 0 radical (unpaired) electrons. The standard InChI is InChI=1S/C15H14Br2N2O/c1-9-10(3-2-4-14(9)18)8-19-15(20)12-7-11(16)5-6-13(12)17/h2-7H,8,18H2,1H3,(H,19,20). The van der Waals surface area contributed by atoms with Gasteiger partial charge in [-0.15, -0.1) is 0 Å². The number of halogens is 2. The van der Waals surface area contributed by atoms with E-state index >= 15 is 0 Å². The maximum atomic E-state index is 12.2. The number of anilines is 1. The quantitative estimate of drug-likeness (QED) is 0.768. The van der Waals surface area contributed by atoms with Crippen LogP contribution in [0.5, 0.6) is 0 Å². The van der Waals surface area contributed by atoms with Gasteiger partial charge in [0.25, 0.3) is 5.91 Å². The molecule has 0 fully saturated rings. The van der Waals surface area contributed by atoms with Crippen molar-refractivity contribution < 1.29 is 4.79 Å². The van der Waals surface area contributed by atoms with Gasteiger partial charge in [-0.2, -0.15) is 0 Å². The summed E-state index contributed by atoms with van der Waals surface area (Å²) in [6.07, 6.45) is 0. The Kier molecular flexibility index (Phi) is 4.83. The molecule has 0 aliphatic heterocycles. The zero-order valence-corrected chi connectivity index (χ0v) is 14.1. The van der Waals surface area contributed by atoms with Crippen molar-refractivity contribution in [3.8, 4) is 0 Å². The van der Waals surface area contributed by atoms with E-state index in [4.69, 9.17) is 5.73 Å². The van der Waals surface area contributed by atoms with Crippen molar-refractivity contribution in [3.05, 3.63) is 62.0 Å². The molecule has 3 N–H and O–H groups in total. The normalized spacial score (nSPS) is 10.3. The zero-order valence-electron chi connectivity index (χ0n) is 10.9. The third-order valence-electron chi connectivity index (χ3n) is 3.10. The summed E-state index contributed by atoms with van der Waals surface area (Å²) in [4.78, 5) is 12.2. The van der Waals surface area contributed by atoms with Gasteiger partial charge in [0.05, 0.1) is 5.56 Å². The van der Waals surface area contributed by atoms with E-state index in [9.17, 15) is 4.79 Å². The van der Waals surface area contributed by atoms with Crippen molar-refractivity contribution in [1.29, 1.82) is 0 Å². The molecule has 2 rings (SSSR count). The Morgan fingerprint density at radius 2 is 2.00 bits per heavy atom. The fourth-order valence-electron chi connectivity index (χ4n) is 1.84. The largest absolute Gasteiger partial charge is 0.399 e. The molecule has 0 heterocycles. The molecule has 2 aromatic rings. The average Bonchev–Trinajstić information content (AvgIpc) is 2.43. The van der Waals surface area contributed by atoms with E-state index in [1.807, 2.05) is 37.3 Å². The Bertz CT molecular complexity index is 656. The monoisotopic (exact) mass is 396 g/mol. The van der Waals surface area contributed by atoms with Crippen LogP contribution >= 0.6 is 31.9 Å². The highest BCUT2D eigenvalue weighted by Gasteiger charge is 2.11. The number of amides is 1. The van der Waals surface area contributed by atoms with E-state index in [0.29, 0.717) is 12.1 Å². The van der Waals surface area contributed by atoms with E-state index in [1.54, 1.807) is 6.07 Å². The molecular formula is C15H14Br2N2O. The molecule has 0 bridgehead atoms. The fraction of sp³-hybridized carbons (Fsp3) is 0.133. The van der Waals surface area contributed by atoms with Gasteiger partial charge in [0.2, 0.25) is 0 Å². The molecule has 2 aromatic carbocycles. The van der Waals surface area contributed by atoms with Crippen molar-refractivity contribution in [2.45, 2.75) is 13.5 Å². The van der Waals surface area contributed by atoms with Gasteiger partial charge in [-0.25, -0.2) is 0 Å². The fourth-order valence-corrected chi connectivity index (χ4v) is 2.62. The van der Waals surface area contributed by atoms with Gasteiger partial charge < -0.3 is 11.1 Å². The van der Waals surface area contributed by atoms with E-state index in [-0.39, 0.29) is 5.91 Å². The lowest BCUT2D eigenvalue weighted by Gasteiger charge is -2.11. The van der Waals surface area contributed by atoms with Crippen LogP contribution in [0.15, 0.2) is 45.3 Å². The second-order valence-electron chi connectivity index (χ2n) is 4.44. The highest BCUT2D eigenvalue weighted by atomic mass is 79.9. The van der Waals surface area contributed by atoms with Crippen LogP contribution in [-0.4, -0.2) is 5.91 Å². The van der Waals surface area contributed by atoms with Gasteiger partial charge in [0, 0.05) is 21.2 Å². The molecule has 1 amide bonds. The molecule has 0 saturated heterocycles. The maximum absolute atomic E-state index is 12.2. The summed E-state index contributed by atoms with van der Waals surface area (Å²) in [6, 6.07) is 11.2. The number of hydrogen-bond donors (Lipinski definition) is 2. The summed E-state index contributed by atoms with van der Waals surface area (Å²) in [7, 11) is 0. The first kappa shape index (κ1) is 15.1. The molecule has 0 saturated carbocycles. The highest BCUT2D eigenvalue weighted by molar-refractivity contribution is 9.11. The third kappa shape index (κ3) is 3.41. The number of benzene rings is 2. The van der Waals surface area contributed by atoms with Crippen LogP contribution in [0.25, 0.3) is 0 Å². The van der Waals surface area contributed by atoms with Crippen LogP contribution in [-0.2, 0) is 6.54 Å². The van der Waals surface area contributed by atoms with Gasteiger partial charge in [-0.3, -0.25) is 4.79 Å². The Morgan fingerprint density at radius 1 is 1.25 bits per heavy atom. The predicted molar refractivity (Wildman–Crippen MR) is 88.6 cm³/mol. The lowest BCUT2D eigenvalue weighted by atomic mass is 10.1. The molecule has 0 aromatic heterocycles. The highest BCUT2D eigenvalue weighted by Crippen LogP contribution is 2.22. The Labute approximate surface area is 134 Å². The molecule has 3 nitrogen and oxygen atoms in total. The minimum absolute atomic E-state index is 0.125. The molecule has 104 valence electrons. The number of nitrogens with two attached hydrogens (primary N) is 1. The molecule has 0 aliphatic carbocycles. The molecule has 0 atom stereocenters. The molecule has 5 heteroatoms. The summed E-state index contributed by atoms with van der Waals surface area (Å²) in [5.41, 5.74) is 9.21. The number of hydrogen-bond acceptors (Lipinski definition) is 2. The first-order chi connectivity index (χ1) is 9.49. The van der Waals surface area contributed by atoms with E-state index in [1.165, 1.54) is 0 Å². The molecule has 0 unspecified atom stereocenters. The van der Waals surface area contributed by atoms with E-state index in [0.717, 1.165) is 25.8 Å². The molecular weight excluding hydrogens is 384 g/mol. The summed E-state index contributed by atoms with van der Waals surface area (Å²) >= 11 is 6.75.